The largest absolute Gasteiger partial charge is 0.243 e. The minimum atomic E-state index is -3.72. The summed E-state index contributed by atoms with van der Waals surface area (Å²) in [7, 11) is -7.38. The van der Waals surface area contributed by atoms with Gasteiger partial charge in [0.2, 0.25) is 10.0 Å². The Balaban J connectivity index is 1.88. The summed E-state index contributed by atoms with van der Waals surface area (Å²) < 4.78 is 52.8. The number of hydrogen-bond donors (Lipinski definition) is 0. The maximum Gasteiger partial charge on any atom is 0.243 e. The van der Waals surface area contributed by atoms with E-state index in [1.807, 2.05) is 6.92 Å². The summed E-state index contributed by atoms with van der Waals surface area (Å²) in [6, 6.07) is 12.7. The van der Waals surface area contributed by atoms with Crippen LogP contribution in [0.3, 0.4) is 0 Å². The summed E-state index contributed by atoms with van der Waals surface area (Å²) in [5, 5.41) is -0.444. The second kappa shape index (κ2) is 7.31. The first-order chi connectivity index (χ1) is 12.2. The van der Waals surface area contributed by atoms with Crippen molar-refractivity contribution in [3.05, 3.63) is 59.1 Å². The molecule has 1 atom stereocenters. The van der Waals surface area contributed by atoms with Crippen LogP contribution >= 0.6 is 11.6 Å². The molecule has 2 aromatic carbocycles. The zero-order valence-corrected chi connectivity index (χ0v) is 16.7. The van der Waals surface area contributed by atoms with Crippen molar-refractivity contribution in [2.45, 2.75) is 34.8 Å². The standard InChI is InChI=1S/C18H20ClNO4S2/c1-14-7-9-16(10-8-14)26(23,24)20-11-3-6-18(13-20)25(21,22)17-5-2-4-15(19)12-17/h2,4-5,7-10,12,18H,3,6,11,13H2,1H3. The van der Waals surface area contributed by atoms with E-state index in [2.05, 4.69) is 0 Å². The van der Waals surface area contributed by atoms with Crippen LogP contribution in [-0.4, -0.2) is 39.5 Å². The number of halogens is 1. The van der Waals surface area contributed by atoms with Crippen molar-refractivity contribution in [2.24, 2.45) is 0 Å². The van der Waals surface area contributed by atoms with E-state index in [1.165, 1.54) is 16.4 Å². The molecule has 1 fully saturated rings. The Morgan fingerprint density at radius 1 is 1.00 bits per heavy atom. The highest BCUT2D eigenvalue weighted by Gasteiger charge is 2.37. The molecule has 2 aromatic rings. The van der Waals surface area contributed by atoms with E-state index < -0.39 is 25.1 Å². The molecule has 0 amide bonds. The fourth-order valence-electron chi connectivity index (χ4n) is 3.07. The van der Waals surface area contributed by atoms with Crippen molar-refractivity contribution < 1.29 is 16.8 Å². The molecule has 140 valence electrons. The Bertz CT molecular complexity index is 1000. The zero-order chi connectivity index (χ0) is 18.9. The Hall–Kier alpha value is -1.41. The second-order valence-corrected chi connectivity index (χ2v) is 11.0. The quantitative estimate of drug-likeness (QED) is 0.771. The van der Waals surface area contributed by atoms with Crippen LogP contribution in [0.2, 0.25) is 5.02 Å². The monoisotopic (exact) mass is 413 g/mol. The van der Waals surface area contributed by atoms with Crippen LogP contribution in [0, 0.1) is 6.92 Å². The Labute approximate surface area is 159 Å². The lowest BCUT2D eigenvalue weighted by atomic mass is 10.2. The first-order valence-electron chi connectivity index (χ1n) is 8.27. The molecule has 0 aromatic heterocycles. The number of aryl methyl sites for hydroxylation is 1. The van der Waals surface area contributed by atoms with Gasteiger partial charge in [0.05, 0.1) is 15.0 Å². The molecule has 1 saturated heterocycles. The van der Waals surface area contributed by atoms with E-state index in [1.54, 1.807) is 36.4 Å². The SMILES string of the molecule is Cc1ccc(S(=O)(=O)N2CCCC(S(=O)(=O)c3cccc(Cl)c3)C2)cc1. The van der Waals surface area contributed by atoms with Crippen LogP contribution in [0.1, 0.15) is 18.4 Å². The first-order valence-corrected chi connectivity index (χ1v) is 11.6. The number of piperidine rings is 1. The van der Waals surface area contributed by atoms with Gasteiger partial charge in [-0.1, -0.05) is 35.4 Å². The maximum absolute atomic E-state index is 12.9. The fourth-order valence-corrected chi connectivity index (χ4v) is 6.74. The highest BCUT2D eigenvalue weighted by Crippen LogP contribution is 2.28. The van der Waals surface area contributed by atoms with Crippen molar-refractivity contribution in [3.8, 4) is 0 Å². The molecule has 5 nitrogen and oxygen atoms in total. The van der Waals surface area contributed by atoms with Gasteiger partial charge in [0.1, 0.15) is 0 Å². The molecule has 0 saturated carbocycles. The van der Waals surface area contributed by atoms with Gasteiger partial charge in [0.25, 0.3) is 0 Å². The molecular formula is C18H20ClNO4S2. The van der Waals surface area contributed by atoms with Gasteiger partial charge in [0, 0.05) is 18.1 Å². The third-order valence-electron chi connectivity index (χ3n) is 4.56. The van der Waals surface area contributed by atoms with Crippen LogP contribution in [0.4, 0.5) is 0 Å². The van der Waals surface area contributed by atoms with E-state index in [-0.39, 0.29) is 16.3 Å². The summed E-state index contributed by atoms with van der Waals surface area (Å²) in [4.78, 5) is 0.313. The van der Waals surface area contributed by atoms with Gasteiger partial charge < -0.3 is 0 Å². The minimum absolute atomic E-state index is 0.0505. The third kappa shape index (κ3) is 3.81. The first kappa shape index (κ1) is 19.4. The number of sulfone groups is 1. The van der Waals surface area contributed by atoms with Crippen molar-refractivity contribution >= 4 is 31.5 Å². The van der Waals surface area contributed by atoms with Crippen molar-refractivity contribution in [2.75, 3.05) is 13.1 Å². The minimum Gasteiger partial charge on any atom is -0.223 e. The lowest BCUT2D eigenvalue weighted by Crippen LogP contribution is -2.45. The van der Waals surface area contributed by atoms with Gasteiger partial charge in [-0.25, -0.2) is 16.8 Å². The Morgan fingerprint density at radius 2 is 1.69 bits per heavy atom. The summed E-state index contributed by atoms with van der Waals surface area (Å²) in [6.45, 7) is 2.15. The molecule has 1 unspecified atom stereocenters. The van der Waals surface area contributed by atoms with Crippen molar-refractivity contribution in [3.63, 3.8) is 0 Å². The van der Waals surface area contributed by atoms with Crippen LogP contribution in [0.5, 0.6) is 0 Å². The van der Waals surface area contributed by atoms with Gasteiger partial charge in [0.15, 0.2) is 9.84 Å². The molecule has 3 rings (SSSR count). The van der Waals surface area contributed by atoms with Gasteiger partial charge in [-0.05, 0) is 50.1 Å². The van der Waals surface area contributed by atoms with E-state index in [0.29, 0.717) is 24.4 Å². The Morgan fingerprint density at radius 3 is 2.35 bits per heavy atom. The number of rotatable bonds is 4. The van der Waals surface area contributed by atoms with Gasteiger partial charge >= 0.3 is 0 Å². The van der Waals surface area contributed by atoms with Crippen LogP contribution in [0.15, 0.2) is 58.3 Å². The molecule has 1 aliphatic rings. The maximum atomic E-state index is 12.9. The highest BCUT2D eigenvalue weighted by molar-refractivity contribution is 7.92. The van der Waals surface area contributed by atoms with Crippen LogP contribution in [-0.2, 0) is 19.9 Å². The highest BCUT2D eigenvalue weighted by atomic mass is 35.5. The van der Waals surface area contributed by atoms with Crippen LogP contribution < -0.4 is 0 Å². The summed E-state index contributed by atoms with van der Waals surface area (Å²) in [5.41, 5.74) is 0.962. The lowest BCUT2D eigenvalue weighted by molar-refractivity contribution is 0.346. The summed E-state index contributed by atoms with van der Waals surface area (Å²) in [6.07, 6.45) is 0.921. The number of sulfonamides is 1. The molecule has 8 heteroatoms. The molecule has 0 bridgehead atoms. The smallest absolute Gasteiger partial charge is 0.223 e. The van der Waals surface area contributed by atoms with Crippen molar-refractivity contribution in [1.29, 1.82) is 0 Å². The van der Waals surface area contributed by atoms with E-state index in [0.717, 1.165) is 5.56 Å². The van der Waals surface area contributed by atoms with E-state index in [4.69, 9.17) is 11.6 Å². The topological polar surface area (TPSA) is 71.5 Å². The van der Waals surface area contributed by atoms with Gasteiger partial charge in [-0.3, -0.25) is 0 Å². The number of hydrogen-bond acceptors (Lipinski definition) is 4. The predicted molar refractivity (Wildman–Crippen MR) is 102 cm³/mol. The Kier molecular flexibility index (Phi) is 5.44. The molecule has 0 radical (unpaired) electrons. The average Bonchev–Trinajstić information content (AvgIpc) is 2.62. The number of benzene rings is 2. The normalized spacial score (nSPS) is 19.4. The third-order valence-corrected chi connectivity index (χ3v) is 8.85. The molecule has 0 aliphatic carbocycles. The molecule has 1 aliphatic heterocycles. The summed E-state index contributed by atoms with van der Waals surface area (Å²) in [5.74, 6) is 0. The zero-order valence-electron chi connectivity index (χ0n) is 14.3. The molecule has 26 heavy (non-hydrogen) atoms. The summed E-state index contributed by atoms with van der Waals surface area (Å²) >= 11 is 5.91. The average molecular weight is 414 g/mol. The van der Waals surface area contributed by atoms with Gasteiger partial charge in [-0.15, -0.1) is 0 Å². The van der Waals surface area contributed by atoms with E-state index >= 15 is 0 Å². The van der Waals surface area contributed by atoms with Gasteiger partial charge in [-0.2, -0.15) is 4.31 Å². The molecular weight excluding hydrogens is 394 g/mol. The van der Waals surface area contributed by atoms with Crippen molar-refractivity contribution in [1.82, 2.24) is 4.31 Å². The second-order valence-electron chi connectivity index (χ2n) is 6.44. The lowest BCUT2D eigenvalue weighted by Gasteiger charge is -2.31. The van der Waals surface area contributed by atoms with Crippen LogP contribution in [0.25, 0.3) is 0 Å². The van der Waals surface area contributed by atoms with E-state index in [9.17, 15) is 16.8 Å². The number of nitrogens with zero attached hydrogens (tertiary/aromatic N) is 1. The fraction of sp³-hybridized carbons (Fsp3) is 0.333. The molecule has 0 N–H and O–H groups in total. The predicted octanol–water partition coefficient (Wildman–Crippen LogP) is 3.28. The molecule has 0 spiro atoms. The molecule has 1 heterocycles.